The lowest BCUT2D eigenvalue weighted by Crippen LogP contribution is -2.48. The maximum Gasteiger partial charge on any atom is 0.407 e. The average molecular weight is 425 g/mol. The highest BCUT2D eigenvalue weighted by atomic mass is 32.2. The highest BCUT2D eigenvalue weighted by molar-refractivity contribution is 7.99. The molecule has 0 saturated heterocycles. The molecule has 0 aliphatic heterocycles. The number of alkyl carbamates (subject to hydrolysis) is 1. The Balaban J connectivity index is 1.63. The number of carbonyl (C=O) groups is 1. The molecule has 1 saturated carbocycles. The van der Waals surface area contributed by atoms with Gasteiger partial charge in [0.15, 0.2) is 5.96 Å². The van der Waals surface area contributed by atoms with Crippen LogP contribution in [0, 0.1) is 5.82 Å². The minimum atomic E-state index is -0.476. The second-order valence-corrected chi connectivity index (χ2v) is 9.31. The molecule has 3 N–H and O–H groups in total. The number of guanidine groups is 1. The molecule has 0 aromatic heterocycles. The van der Waals surface area contributed by atoms with Crippen molar-refractivity contribution in [2.24, 2.45) is 4.99 Å². The van der Waals surface area contributed by atoms with Gasteiger partial charge in [0.2, 0.25) is 0 Å². The Morgan fingerprint density at radius 3 is 2.28 bits per heavy atom. The molecule has 1 amide bonds. The summed E-state index contributed by atoms with van der Waals surface area (Å²) in [6.45, 7) is 6.36. The summed E-state index contributed by atoms with van der Waals surface area (Å²) in [6, 6.07) is 7.02. The minimum absolute atomic E-state index is 0.157. The van der Waals surface area contributed by atoms with Gasteiger partial charge in [-0.1, -0.05) is 0 Å². The Kier molecular flexibility index (Phi) is 9.07. The van der Waals surface area contributed by atoms with Gasteiger partial charge >= 0.3 is 6.09 Å². The zero-order chi connectivity index (χ0) is 21.3. The van der Waals surface area contributed by atoms with E-state index in [2.05, 4.69) is 20.9 Å². The predicted molar refractivity (Wildman–Crippen MR) is 117 cm³/mol. The monoisotopic (exact) mass is 424 g/mol. The van der Waals surface area contributed by atoms with Crippen molar-refractivity contribution in [3.05, 3.63) is 30.1 Å². The van der Waals surface area contributed by atoms with Gasteiger partial charge in [0.1, 0.15) is 11.4 Å². The summed E-state index contributed by atoms with van der Waals surface area (Å²) in [5.41, 5.74) is -0.476. The van der Waals surface area contributed by atoms with Gasteiger partial charge in [0.25, 0.3) is 0 Å². The molecule has 1 aliphatic rings. The molecular formula is C21H33FN4O2S. The molecule has 29 heavy (non-hydrogen) atoms. The summed E-state index contributed by atoms with van der Waals surface area (Å²) in [5, 5.41) is 9.74. The zero-order valence-corrected chi connectivity index (χ0v) is 18.6. The standard InChI is InChI=1S/C21H33FN4O2S/c1-21(2,3)28-20(27)26-17-9-7-16(8-10-17)25-19(23-4)24-13-14-29-18-11-5-15(22)6-12-18/h5-6,11-12,16-17H,7-10,13-14H2,1-4H3,(H,26,27)(H2,23,24,25). The Labute approximate surface area is 177 Å². The maximum atomic E-state index is 12.9. The maximum absolute atomic E-state index is 12.9. The van der Waals surface area contributed by atoms with Crippen LogP contribution in [0.2, 0.25) is 0 Å². The Morgan fingerprint density at radius 1 is 1.14 bits per heavy atom. The van der Waals surface area contributed by atoms with Crippen molar-refractivity contribution in [3.63, 3.8) is 0 Å². The van der Waals surface area contributed by atoms with Crippen LogP contribution in [-0.4, -0.2) is 49.1 Å². The summed E-state index contributed by atoms with van der Waals surface area (Å²) >= 11 is 1.67. The van der Waals surface area contributed by atoms with Crippen molar-refractivity contribution in [2.75, 3.05) is 19.3 Å². The third-order valence-electron chi connectivity index (χ3n) is 4.49. The van der Waals surface area contributed by atoms with Gasteiger partial charge in [0, 0.05) is 36.3 Å². The number of nitrogens with zero attached hydrogens (tertiary/aromatic N) is 1. The number of aliphatic imine (C=N–C) groups is 1. The molecule has 1 aromatic carbocycles. The van der Waals surface area contributed by atoms with Gasteiger partial charge < -0.3 is 20.7 Å². The lowest BCUT2D eigenvalue weighted by molar-refractivity contribution is 0.0490. The smallest absolute Gasteiger partial charge is 0.407 e. The molecule has 0 radical (unpaired) electrons. The third kappa shape index (κ3) is 9.39. The molecule has 0 heterocycles. The van der Waals surface area contributed by atoms with E-state index in [4.69, 9.17) is 4.74 Å². The zero-order valence-electron chi connectivity index (χ0n) is 17.8. The number of amides is 1. The number of carbonyl (C=O) groups excluding carboxylic acids is 1. The van der Waals surface area contributed by atoms with Crippen LogP contribution < -0.4 is 16.0 Å². The normalized spacial score (nSPS) is 20.1. The van der Waals surface area contributed by atoms with E-state index in [1.807, 2.05) is 20.8 Å². The number of hydrogen-bond donors (Lipinski definition) is 3. The Morgan fingerprint density at radius 2 is 1.72 bits per heavy atom. The summed E-state index contributed by atoms with van der Waals surface area (Å²) in [7, 11) is 1.76. The molecule has 0 atom stereocenters. The predicted octanol–water partition coefficient (Wildman–Crippen LogP) is 3.92. The van der Waals surface area contributed by atoms with Crippen molar-refractivity contribution < 1.29 is 13.9 Å². The Bertz CT molecular complexity index is 668. The molecule has 0 unspecified atom stereocenters. The largest absolute Gasteiger partial charge is 0.444 e. The first-order valence-electron chi connectivity index (χ1n) is 10.1. The number of halogens is 1. The summed E-state index contributed by atoms with van der Waals surface area (Å²) in [4.78, 5) is 17.2. The second-order valence-electron chi connectivity index (χ2n) is 8.14. The highest BCUT2D eigenvalue weighted by Gasteiger charge is 2.25. The average Bonchev–Trinajstić information content (AvgIpc) is 2.65. The number of ether oxygens (including phenoxy) is 1. The minimum Gasteiger partial charge on any atom is -0.444 e. The van der Waals surface area contributed by atoms with E-state index in [-0.39, 0.29) is 18.0 Å². The number of hydrogen-bond acceptors (Lipinski definition) is 4. The van der Waals surface area contributed by atoms with E-state index in [0.29, 0.717) is 6.04 Å². The summed E-state index contributed by atoms with van der Waals surface area (Å²) < 4.78 is 18.3. The fourth-order valence-electron chi connectivity index (χ4n) is 3.11. The van der Waals surface area contributed by atoms with Crippen molar-refractivity contribution in [3.8, 4) is 0 Å². The number of rotatable bonds is 6. The van der Waals surface area contributed by atoms with Crippen LogP contribution in [0.25, 0.3) is 0 Å². The molecule has 1 aliphatic carbocycles. The molecule has 8 heteroatoms. The number of thioether (sulfide) groups is 1. The SMILES string of the molecule is CN=C(NCCSc1ccc(F)cc1)NC1CCC(NC(=O)OC(C)(C)C)CC1. The van der Waals surface area contributed by atoms with Crippen LogP contribution in [0.4, 0.5) is 9.18 Å². The number of nitrogens with one attached hydrogen (secondary N) is 3. The third-order valence-corrected chi connectivity index (χ3v) is 5.50. The highest BCUT2D eigenvalue weighted by Crippen LogP contribution is 2.20. The van der Waals surface area contributed by atoms with Gasteiger partial charge in [-0.25, -0.2) is 9.18 Å². The van der Waals surface area contributed by atoms with Crippen molar-refractivity contribution in [1.82, 2.24) is 16.0 Å². The molecular weight excluding hydrogens is 391 g/mol. The molecule has 1 fully saturated rings. The van der Waals surface area contributed by atoms with E-state index in [0.717, 1.165) is 48.8 Å². The van der Waals surface area contributed by atoms with Crippen LogP contribution >= 0.6 is 11.8 Å². The van der Waals surface area contributed by atoms with Gasteiger partial charge in [-0.2, -0.15) is 0 Å². The van der Waals surface area contributed by atoms with Crippen molar-refractivity contribution in [2.45, 2.75) is 69.0 Å². The first kappa shape index (κ1) is 23.3. The van der Waals surface area contributed by atoms with Crippen LogP contribution in [-0.2, 0) is 4.74 Å². The van der Waals surface area contributed by atoms with Crippen molar-refractivity contribution in [1.29, 1.82) is 0 Å². The van der Waals surface area contributed by atoms with E-state index >= 15 is 0 Å². The van der Waals surface area contributed by atoms with Crippen molar-refractivity contribution >= 4 is 23.8 Å². The molecule has 162 valence electrons. The summed E-state index contributed by atoms with van der Waals surface area (Å²) in [5.74, 6) is 1.43. The molecule has 6 nitrogen and oxygen atoms in total. The van der Waals surface area contributed by atoms with E-state index in [1.54, 1.807) is 30.9 Å². The Hall–Kier alpha value is -1.96. The lowest BCUT2D eigenvalue weighted by Gasteiger charge is -2.31. The van der Waals surface area contributed by atoms with E-state index < -0.39 is 5.60 Å². The summed E-state index contributed by atoms with van der Waals surface area (Å²) in [6.07, 6.45) is 3.41. The van der Waals surface area contributed by atoms with Crippen LogP contribution in [0.3, 0.4) is 0 Å². The second kappa shape index (κ2) is 11.3. The van der Waals surface area contributed by atoms with Crippen LogP contribution in [0.1, 0.15) is 46.5 Å². The van der Waals surface area contributed by atoms with E-state index in [9.17, 15) is 9.18 Å². The topological polar surface area (TPSA) is 74.8 Å². The molecule has 0 spiro atoms. The van der Waals surface area contributed by atoms with E-state index in [1.165, 1.54) is 12.1 Å². The quantitative estimate of drug-likeness (QED) is 0.279. The fourth-order valence-corrected chi connectivity index (χ4v) is 3.88. The fraction of sp³-hybridized carbons (Fsp3) is 0.619. The lowest BCUT2D eigenvalue weighted by atomic mass is 9.91. The van der Waals surface area contributed by atoms with Gasteiger partial charge in [-0.15, -0.1) is 11.8 Å². The molecule has 2 rings (SSSR count). The van der Waals surface area contributed by atoms with Crippen LogP contribution in [0.15, 0.2) is 34.2 Å². The van der Waals surface area contributed by atoms with Gasteiger partial charge in [-0.3, -0.25) is 4.99 Å². The number of benzene rings is 1. The van der Waals surface area contributed by atoms with Gasteiger partial charge in [-0.05, 0) is 70.7 Å². The van der Waals surface area contributed by atoms with Gasteiger partial charge in [0.05, 0.1) is 0 Å². The first-order chi connectivity index (χ1) is 13.7. The molecule has 1 aromatic rings. The molecule has 0 bridgehead atoms. The van der Waals surface area contributed by atoms with Crippen LogP contribution in [0.5, 0.6) is 0 Å². The first-order valence-corrected chi connectivity index (χ1v) is 11.1.